The van der Waals surface area contributed by atoms with Crippen LogP contribution >= 0.6 is 0 Å². The van der Waals surface area contributed by atoms with E-state index in [-0.39, 0.29) is 22.9 Å². The topological polar surface area (TPSA) is 114 Å². The molecule has 3 aromatic rings. The second-order valence-corrected chi connectivity index (χ2v) is 10.4. The van der Waals surface area contributed by atoms with Crippen LogP contribution in [-0.4, -0.2) is 66.1 Å². The molecule has 0 saturated carbocycles. The van der Waals surface area contributed by atoms with Crippen LogP contribution in [0.3, 0.4) is 0 Å². The van der Waals surface area contributed by atoms with Crippen LogP contribution < -0.4 is 23.8 Å². The molecule has 0 heterocycles. The summed E-state index contributed by atoms with van der Waals surface area (Å²) < 4.78 is 44.9. The van der Waals surface area contributed by atoms with Gasteiger partial charge in [0.15, 0.2) is 0 Å². The Labute approximate surface area is 229 Å². The highest BCUT2D eigenvalue weighted by atomic mass is 32.2. The highest BCUT2D eigenvalue weighted by Gasteiger charge is 2.34. The van der Waals surface area contributed by atoms with Gasteiger partial charge in [-0.3, -0.25) is 13.9 Å². The third-order valence-electron chi connectivity index (χ3n) is 6.17. The number of rotatable bonds is 12. The van der Waals surface area contributed by atoms with Gasteiger partial charge in [-0.15, -0.1) is 0 Å². The highest BCUT2D eigenvalue weighted by molar-refractivity contribution is 7.92. The van der Waals surface area contributed by atoms with Crippen molar-refractivity contribution in [3.63, 3.8) is 0 Å². The molecule has 0 spiro atoms. The van der Waals surface area contributed by atoms with Gasteiger partial charge in [-0.05, 0) is 48.9 Å². The Kier molecular flexibility index (Phi) is 9.78. The molecule has 0 fully saturated rings. The average molecular weight is 556 g/mol. The molecule has 0 radical (unpaired) electrons. The van der Waals surface area contributed by atoms with E-state index < -0.39 is 34.4 Å². The van der Waals surface area contributed by atoms with Crippen LogP contribution in [0, 0.1) is 0 Å². The summed E-state index contributed by atoms with van der Waals surface area (Å²) in [5.74, 6) is 0.183. The number of nitrogens with zero attached hydrogens (tertiary/aromatic N) is 2. The van der Waals surface area contributed by atoms with Gasteiger partial charge in [0.2, 0.25) is 11.8 Å². The lowest BCUT2D eigenvalue weighted by Gasteiger charge is -2.32. The number of methoxy groups -OCH3 is 3. The molecule has 0 aliphatic heterocycles. The van der Waals surface area contributed by atoms with E-state index in [1.807, 2.05) is 0 Å². The van der Waals surface area contributed by atoms with Crippen LogP contribution in [0.15, 0.2) is 77.7 Å². The van der Waals surface area contributed by atoms with E-state index in [1.165, 1.54) is 51.5 Å². The van der Waals surface area contributed by atoms with Crippen molar-refractivity contribution in [2.24, 2.45) is 0 Å². The predicted octanol–water partition coefficient (Wildman–Crippen LogP) is 3.07. The van der Waals surface area contributed by atoms with Gasteiger partial charge < -0.3 is 24.4 Å². The Morgan fingerprint density at radius 2 is 1.54 bits per heavy atom. The Morgan fingerprint density at radius 3 is 2.15 bits per heavy atom. The number of sulfonamides is 1. The van der Waals surface area contributed by atoms with Gasteiger partial charge in [-0.2, -0.15) is 0 Å². The molecule has 0 unspecified atom stereocenters. The summed E-state index contributed by atoms with van der Waals surface area (Å²) in [5.41, 5.74) is 0.817. The number of ether oxygens (including phenoxy) is 3. The molecule has 3 aromatic carbocycles. The molecule has 0 bridgehead atoms. The largest absolute Gasteiger partial charge is 0.497 e. The summed E-state index contributed by atoms with van der Waals surface area (Å²) in [7, 11) is 1.62. The fourth-order valence-electron chi connectivity index (χ4n) is 3.98. The minimum Gasteiger partial charge on any atom is -0.497 e. The SMILES string of the molecule is CNC(=O)[C@H](C)N(Cc1cccc(OC)c1)C(=O)CN(c1cc(OC)ccc1OC)S(=O)(=O)c1ccccc1. The average Bonchev–Trinajstić information content (AvgIpc) is 2.97. The van der Waals surface area contributed by atoms with E-state index >= 15 is 0 Å². The summed E-state index contributed by atoms with van der Waals surface area (Å²) in [4.78, 5) is 27.9. The van der Waals surface area contributed by atoms with E-state index in [1.54, 1.807) is 61.5 Å². The summed E-state index contributed by atoms with van der Waals surface area (Å²) in [6.07, 6.45) is 0. The van der Waals surface area contributed by atoms with Crippen LogP contribution in [0.1, 0.15) is 12.5 Å². The van der Waals surface area contributed by atoms with E-state index in [2.05, 4.69) is 5.32 Å². The molecule has 2 amide bonds. The van der Waals surface area contributed by atoms with Crippen molar-refractivity contribution in [2.45, 2.75) is 24.4 Å². The number of nitrogens with one attached hydrogen (secondary N) is 1. The standard InChI is InChI=1S/C28H33N3O7S/c1-20(28(33)29-2)30(18-21-10-9-11-22(16-21)36-3)27(32)19-31(39(34,35)24-12-7-6-8-13-24)25-17-23(37-4)14-15-26(25)38-5/h6-17,20H,18-19H2,1-5H3,(H,29,33)/t20-/m0/s1. The fourth-order valence-corrected chi connectivity index (χ4v) is 5.42. The first kappa shape index (κ1) is 29.3. The third-order valence-corrected chi connectivity index (χ3v) is 7.94. The predicted molar refractivity (Wildman–Crippen MR) is 148 cm³/mol. The molecule has 39 heavy (non-hydrogen) atoms. The molecule has 0 saturated heterocycles. The number of hydrogen-bond acceptors (Lipinski definition) is 7. The van der Waals surface area contributed by atoms with Crippen molar-refractivity contribution in [3.8, 4) is 17.2 Å². The van der Waals surface area contributed by atoms with Crippen LogP contribution in [0.2, 0.25) is 0 Å². The molecule has 3 rings (SSSR count). The first-order valence-electron chi connectivity index (χ1n) is 12.1. The smallest absolute Gasteiger partial charge is 0.264 e. The van der Waals surface area contributed by atoms with Crippen molar-refractivity contribution < 1.29 is 32.2 Å². The first-order chi connectivity index (χ1) is 18.7. The maximum atomic E-state index is 13.9. The van der Waals surface area contributed by atoms with Crippen molar-refractivity contribution in [3.05, 3.63) is 78.4 Å². The molecule has 0 aliphatic carbocycles. The van der Waals surface area contributed by atoms with E-state index in [0.29, 0.717) is 17.1 Å². The van der Waals surface area contributed by atoms with E-state index in [9.17, 15) is 18.0 Å². The molecule has 0 aromatic heterocycles. The van der Waals surface area contributed by atoms with Gasteiger partial charge >= 0.3 is 0 Å². The number of likely N-dealkylation sites (N-methyl/N-ethyl adjacent to an activating group) is 1. The quantitative estimate of drug-likeness (QED) is 0.365. The van der Waals surface area contributed by atoms with Gasteiger partial charge in [-0.25, -0.2) is 8.42 Å². The minimum absolute atomic E-state index is 0.0126. The van der Waals surface area contributed by atoms with Gasteiger partial charge in [0.1, 0.15) is 29.8 Å². The lowest BCUT2D eigenvalue weighted by atomic mass is 10.1. The monoisotopic (exact) mass is 555 g/mol. The number of hydrogen-bond donors (Lipinski definition) is 1. The van der Waals surface area contributed by atoms with Gasteiger partial charge in [0.05, 0.1) is 31.9 Å². The van der Waals surface area contributed by atoms with Crippen LogP contribution in [0.4, 0.5) is 5.69 Å². The third kappa shape index (κ3) is 6.80. The molecule has 10 nitrogen and oxygen atoms in total. The minimum atomic E-state index is -4.25. The fraction of sp³-hybridized carbons (Fsp3) is 0.286. The lowest BCUT2D eigenvalue weighted by molar-refractivity contribution is -0.139. The number of anilines is 1. The van der Waals surface area contributed by atoms with E-state index in [4.69, 9.17) is 14.2 Å². The molecule has 1 atom stereocenters. The Morgan fingerprint density at radius 1 is 0.872 bits per heavy atom. The molecule has 1 N–H and O–H groups in total. The maximum absolute atomic E-state index is 13.9. The number of carbonyl (C=O) groups excluding carboxylic acids is 2. The number of benzene rings is 3. The van der Waals surface area contributed by atoms with Gasteiger partial charge in [0, 0.05) is 19.7 Å². The van der Waals surface area contributed by atoms with Crippen molar-refractivity contribution in [2.75, 3.05) is 39.2 Å². The van der Waals surface area contributed by atoms with Crippen LogP contribution in [0.25, 0.3) is 0 Å². The van der Waals surface area contributed by atoms with Crippen molar-refractivity contribution in [1.29, 1.82) is 0 Å². The summed E-state index contributed by atoms with van der Waals surface area (Å²) in [6, 6.07) is 18.6. The lowest BCUT2D eigenvalue weighted by Crippen LogP contribution is -2.50. The van der Waals surface area contributed by atoms with Crippen molar-refractivity contribution in [1.82, 2.24) is 10.2 Å². The summed E-state index contributed by atoms with van der Waals surface area (Å²) in [6.45, 7) is 1.02. The number of carbonyl (C=O) groups is 2. The first-order valence-corrected chi connectivity index (χ1v) is 13.5. The molecule has 208 valence electrons. The summed E-state index contributed by atoms with van der Waals surface area (Å²) >= 11 is 0. The zero-order valence-electron chi connectivity index (χ0n) is 22.6. The molecular formula is C28H33N3O7S. The Balaban J connectivity index is 2.11. The van der Waals surface area contributed by atoms with Crippen molar-refractivity contribution >= 4 is 27.5 Å². The number of amides is 2. The maximum Gasteiger partial charge on any atom is 0.264 e. The second-order valence-electron chi connectivity index (χ2n) is 8.53. The van der Waals surface area contributed by atoms with Crippen LogP contribution in [0.5, 0.6) is 17.2 Å². The van der Waals surface area contributed by atoms with E-state index in [0.717, 1.165) is 4.31 Å². The molecule has 0 aliphatic rings. The van der Waals surface area contributed by atoms with Crippen LogP contribution in [-0.2, 0) is 26.2 Å². The molecule has 11 heteroatoms. The molecular weight excluding hydrogens is 522 g/mol. The zero-order valence-corrected chi connectivity index (χ0v) is 23.4. The Hall–Kier alpha value is -4.25. The Bertz CT molecular complexity index is 1400. The normalized spacial score (nSPS) is 11.7. The zero-order chi connectivity index (χ0) is 28.6. The highest BCUT2D eigenvalue weighted by Crippen LogP contribution is 2.36. The van der Waals surface area contributed by atoms with Gasteiger partial charge in [0.25, 0.3) is 10.0 Å². The second kappa shape index (κ2) is 13.0. The summed E-state index contributed by atoms with van der Waals surface area (Å²) in [5, 5.41) is 2.56. The van der Waals surface area contributed by atoms with Gasteiger partial charge in [-0.1, -0.05) is 30.3 Å².